The van der Waals surface area contributed by atoms with Crippen molar-refractivity contribution in [1.29, 1.82) is 0 Å². The zero-order valence-electron chi connectivity index (χ0n) is 13.8. The van der Waals surface area contributed by atoms with Crippen LogP contribution in [0.5, 0.6) is 0 Å². The van der Waals surface area contributed by atoms with Gasteiger partial charge in [0.25, 0.3) is 0 Å². The Hall–Kier alpha value is -0.830. The molecule has 1 fully saturated rings. The van der Waals surface area contributed by atoms with Gasteiger partial charge in [-0.25, -0.2) is 0 Å². The minimum Gasteiger partial charge on any atom is -0.327 e. The summed E-state index contributed by atoms with van der Waals surface area (Å²) in [6.07, 6.45) is 6.18. The molecule has 0 aromatic carbocycles. The van der Waals surface area contributed by atoms with E-state index in [1.807, 2.05) is 11.7 Å². The molecule has 1 aromatic rings. The van der Waals surface area contributed by atoms with E-state index < -0.39 is 0 Å². The molecule has 2 N–H and O–H groups in total. The molecule has 1 aliphatic rings. The van der Waals surface area contributed by atoms with Gasteiger partial charge in [0.15, 0.2) is 0 Å². The first-order chi connectivity index (χ1) is 9.38. The summed E-state index contributed by atoms with van der Waals surface area (Å²) in [6, 6.07) is 0.346. The highest BCUT2D eigenvalue weighted by Gasteiger charge is 2.28. The Kier molecular flexibility index (Phi) is 4.90. The van der Waals surface area contributed by atoms with Gasteiger partial charge in [-0.2, -0.15) is 5.10 Å². The van der Waals surface area contributed by atoms with Gasteiger partial charge >= 0.3 is 0 Å². The zero-order valence-corrected chi connectivity index (χ0v) is 13.8. The van der Waals surface area contributed by atoms with Crippen molar-refractivity contribution in [2.24, 2.45) is 30.5 Å². The van der Waals surface area contributed by atoms with Crippen molar-refractivity contribution >= 4 is 0 Å². The Bertz CT molecular complexity index is 439. The van der Waals surface area contributed by atoms with Crippen LogP contribution in [-0.2, 0) is 13.5 Å². The van der Waals surface area contributed by atoms with Crippen LogP contribution in [0.15, 0.2) is 0 Å². The number of nitrogens with zero attached hydrogens (tertiary/aromatic N) is 2. The first kappa shape index (κ1) is 15.6. The van der Waals surface area contributed by atoms with Crippen molar-refractivity contribution in [3.8, 4) is 0 Å². The maximum absolute atomic E-state index is 6.50. The molecule has 0 bridgehead atoms. The molecule has 0 saturated heterocycles. The van der Waals surface area contributed by atoms with Crippen LogP contribution >= 0.6 is 0 Å². The summed E-state index contributed by atoms with van der Waals surface area (Å²) >= 11 is 0. The van der Waals surface area contributed by atoms with Gasteiger partial charge in [0.05, 0.1) is 5.69 Å². The highest BCUT2D eigenvalue weighted by Crippen LogP contribution is 2.35. The third-order valence-electron chi connectivity index (χ3n) is 5.21. The first-order valence-electron chi connectivity index (χ1n) is 8.13. The van der Waals surface area contributed by atoms with Gasteiger partial charge in [0.1, 0.15) is 0 Å². The van der Waals surface area contributed by atoms with Gasteiger partial charge in [0, 0.05) is 18.8 Å². The van der Waals surface area contributed by atoms with Crippen LogP contribution < -0.4 is 5.73 Å². The quantitative estimate of drug-likeness (QED) is 0.917. The number of aryl methyl sites for hydroxylation is 2. The number of aromatic nitrogens is 2. The molecule has 0 amide bonds. The van der Waals surface area contributed by atoms with Crippen LogP contribution in [0.4, 0.5) is 0 Å². The smallest absolute Gasteiger partial charge is 0.0628 e. The summed E-state index contributed by atoms with van der Waals surface area (Å²) in [5, 5.41) is 4.50. The van der Waals surface area contributed by atoms with Crippen molar-refractivity contribution < 1.29 is 0 Å². The predicted octanol–water partition coefficient (Wildman–Crippen LogP) is 3.37. The fraction of sp³-hybridized carbons (Fsp3) is 0.824. The van der Waals surface area contributed by atoms with Crippen LogP contribution in [-0.4, -0.2) is 15.8 Å². The van der Waals surface area contributed by atoms with Gasteiger partial charge in [-0.1, -0.05) is 13.8 Å². The van der Waals surface area contributed by atoms with Crippen LogP contribution in [0.1, 0.15) is 56.5 Å². The summed E-state index contributed by atoms with van der Waals surface area (Å²) < 4.78 is 1.99. The van der Waals surface area contributed by atoms with Crippen LogP contribution in [0.3, 0.4) is 0 Å². The normalized spacial score (nSPS) is 28.6. The lowest BCUT2D eigenvalue weighted by Gasteiger charge is -2.35. The largest absolute Gasteiger partial charge is 0.327 e. The molecule has 1 aromatic heterocycles. The van der Waals surface area contributed by atoms with Gasteiger partial charge in [-0.05, 0) is 69.3 Å². The van der Waals surface area contributed by atoms with Crippen LogP contribution in [0, 0.1) is 31.6 Å². The molecular formula is C17H31N3. The molecule has 0 radical (unpaired) electrons. The number of hydrogen-bond acceptors (Lipinski definition) is 2. The fourth-order valence-corrected chi connectivity index (χ4v) is 4.08. The van der Waals surface area contributed by atoms with Crippen molar-refractivity contribution in [3.05, 3.63) is 17.0 Å². The SMILES string of the molecule is Cc1nn(C)c(C)c1CCC(N)C1CC(C)CC(C)C1. The second-order valence-electron chi connectivity index (χ2n) is 7.15. The minimum absolute atomic E-state index is 0.346. The predicted molar refractivity (Wildman–Crippen MR) is 84.6 cm³/mol. The minimum atomic E-state index is 0.346. The molecule has 1 aliphatic carbocycles. The van der Waals surface area contributed by atoms with Crippen LogP contribution in [0.25, 0.3) is 0 Å². The topological polar surface area (TPSA) is 43.8 Å². The van der Waals surface area contributed by atoms with Crippen molar-refractivity contribution in [2.45, 2.75) is 65.8 Å². The molecule has 114 valence electrons. The Balaban J connectivity index is 1.93. The molecule has 3 atom stereocenters. The lowest BCUT2D eigenvalue weighted by molar-refractivity contribution is 0.188. The number of hydrogen-bond donors (Lipinski definition) is 1. The van der Waals surface area contributed by atoms with E-state index in [9.17, 15) is 0 Å². The molecule has 2 rings (SSSR count). The van der Waals surface area contributed by atoms with E-state index in [2.05, 4.69) is 32.8 Å². The van der Waals surface area contributed by atoms with E-state index in [-0.39, 0.29) is 0 Å². The van der Waals surface area contributed by atoms with E-state index in [4.69, 9.17) is 5.73 Å². The lowest BCUT2D eigenvalue weighted by atomic mass is 9.73. The fourth-order valence-electron chi connectivity index (χ4n) is 4.08. The van der Waals surface area contributed by atoms with E-state index in [1.165, 1.54) is 36.2 Å². The Morgan fingerprint density at radius 2 is 1.80 bits per heavy atom. The Morgan fingerprint density at radius 3 is 2.30 bits per heavy atom. The maximum Gasteiger partial charge on any atom is 0.0628 e. The lowest BCUT2D eigenvalue weighted by Crippen LogP contribution is -2.35. The maximum atomic E-state index is 6.50. The van der Waals surface area contributed by atoms with Gasteiger partial charge in [-0.15, -0.1) is 0 Å². The average Bonchev–Trinajstić information content (AvgIpc) is 2.60. The average molecular weight is 277 g/mol. The third-order valence-corrected chi connectivity index (χ3v) is 5.21. The Labute approximate surface area is 123 Å². The van der Waals surface area contributed by atoms with E-state index in [1.54, 1.807) is 0 Å². The summed E-state index contributed by atoms with van der Waals surface area (Å²) in [5.74, 6) is 2.40. The zero-order chi connectivity index (χ0) is 14.9. The molecule has 3 heteroatoms. The standard InChI is InChI=1S/C17H31N3/c1-11-8-12(2)10-15(9-11)17(18)7-6-16-13(3)19-20(5)14(16)4/h11-12,15,17H,6-10,18H2,1-5H3. The highest BCUT2D eigenvalue weighted by molar-refractivity contribution is 5.24. The number of nitrogens with two attached hydrogens (primary N) is 1. The Morgan fingerprint density at radius 1 is 1.20 bits per heavy atom. The summed E-state index contributed by atoms with van der Waals surface area (Å²) in [6.45, 7) is 9.03. The monoisotopic (exact) mass is 277 g/mol. The van der Waals surface area contributed by atoms with Gasteiger partial charge in [-0.3, -0.25) is 4.68 Å². The van der Waals surface area contributed by atoms with E-state index in [0.717, 1.165) is 24.7 Å². The van der Waals surface area contributed by atoms with Crippen LogP contribution in [0.2, 0.25) is 0 Å². The number of rotatable bonds is 4. The summed E-state index contributed by atoms with van der Waals surface area (Å²) in [5.41, 5.74) is 10.4. The van der Waals surface area contributed by atoms with Gasteiger partial charge < -0.3 is 5.73 Å². The summed E-state index contributed by atoms with van der Waals surface area (Å²) in [7, 11) is 2.02. The van der Waals surface area contributed by atoms with E-state index in [0.29, 0.717) is 12.0 Å². The highest BCUT2D eigenvalue weighted by atomic mass is 15.3. The second-order valence-corrected chi connectivity index (χ2v) is 7.15. The molecular weight excluding hydrogens is 246 g/mol. The van der Waals surface area contributed by atoms with Crippen molar-refractivity contribution in [2.75, 3.05) is 0 Å². The molecule has 0 aliphatic heterocycles. The van der Waals surface area contributed by atoms with E-state index >= 15 is 0 Å². The van der Waals surface area contributed by atoms with Gasteiger partial charge in [0.2, 0.25) is 0 Å². The molecule has 3 nitrogen and oxygen atoms in total. The third kappa shape index (κ3) is 3.43. The first-order valence-corrected chi connectivity index (χ1v) is 8.13. The second kappa shape index (κ2) is 6.30. The molecule has 20 heavy (non-hydrogen) atoms. The molecule has 3 unspecified atom stereocenters. The van der Waals surface area contributed by atoms with Crippen molar-refractivity contribution in [3.63, 3.8) is 0 Å². The van der Waals surface area contributed by atoms with Crippen molar-refractivity contribution in [1.82, 2.24) is 9.78 Å². The summed E-state index contributed by atoms with van der Waals surface area (Å²) in [4.78, 5) is 0. The molecule has 0 spiro atoms. The molecule has 1 heterocycles. The molecule has 1 saturated carbocycles.